The summed E-state index contributed by atoms with van der Waals surface area (Å²) in [6.45, 7) is 5.79. The number of nitrogens with zero attached hydrogens (tertiary/aromatic N) is 4. The van der Waals surface area contributed by atoms with Crippen LogP contribution in [0.25, 0.3) is 0 Å². The molecule has 0 spiro atoms. The Hall–Kier alpha value is -0.960. The molecule has 0 aromatic carbocycles. The van der Waals surface area contributed by atoms with Gasteiger partial charge in [0.2, 0.25) is 10.0 Å². The molecule has 0 aliphatic heterocycles. The average molecular weight is 303 g/mol. The van der Waals surface area contributed by atoms with E-state index in [2.05, 4.69) is 5.10 Å². The van der Waals surface area contributed by atoms with Gasteiger partial charge in [-0.1, -0.05) is 6.92 Å². The third-order valence-corrected chi connectivity index (χ3v) is 5.05. The molecule has 8 heteroatoms. The fraction of sp³-hybridized carbons (Fsp3) is 0.750. The maximum atomic E-state index is 12.6. The minimum atomic E-state index is -3.51. The summed E-state index contributed by atoms with van der Waals surface area (Å²) < 4.78 is 28.3. The predicted octanol–water partition coefficient (Wildman–Crippen LogP) is -0.197. The molecule has 2 N–H and O–H groups in total. The van der Waals surface area contributed by atoms with Gasteiger partial charge in [-0.25, -0.2) is 8.42 Å². The first kappa shape index (κ1) is 17.1. The number of nitrogens with two attached hydrogens (primary N) is 1. The van der Waals surface area contributed by atoms with E-state index in [0.29, 0.717) is 26.2 Å². The highest BCUT2D eigenvalue weighted by molar-refractivity contribution is 7.89. The van der Waals surface area contributed by atoms with Crippen LogP contribution < -0.4 is 5.73 Å². The van der Waals surface area contributed by atoms with Crippen molar-refractivity contribution < 1.29 is 8.42 Å². The Morgan fingerprint density at radius 1 is 1.45 bits per heavy atom. The van der Waals surface area contributed by atoms with Gasteiger partial charge in [-0.15, -0.1) is 0 Å². The molecule has 116 valence electrons. The highest BCUT2D eigenvalue weighted by Crippen LogP contribution is 2.17. The second kappa shape index (κ2) is 7.16. The van der Waals surface area contributed by atoms with Crippen LogP contribution in [0.15, 0.2) is 17.3 Å². The topological polar surface area (TPSA) is 84.5 Å². The Morgan fingerprint density at radius 3 is 2.60 bits per heavy atom. The van der Waals surface area contributed by atoms with Gasteiger partial charge < -0.3 is 10.6 Å². The molecule has 1 atom stereocenters. The van der Waals surface area contributed by atoms with E-state index in [9.17, 15) is 8.42 Å². The zero-order valence-corrected chi connectivity index (χ0v) is 13.5. The first-order valence-electron chi connectivity index (χ1n) is 6.72. The van der Waals surface area contributed by atoms with Crippen LogP contribution in [0.5, 0.6) is 0 Å². The van der Waals surface area contributed by atoms with Crippen LogP contribution in [-0.4, -0.2) is 67.2 Å². The number of likely N-dealkylation sites (N-methyl/N-ethyl adjacent to an activating group) is 2. The van der Waals surface area contributed by atoms with Gasteiger partial charge in [-0.2, -0.15) is 9.40 Å². The summed E-state index contributed by atoms with van der Waals surface area (Å²) in [6, 6.07) is -0.0992. The lowest BCUT2D eigenvalue weighted by Crippen LogP contribution is -2.43. The van der Waals surface area contributed by atoms with Gasteiger partial charge in [0.25, 0.3) is 0 Å². The molecule has 1 rings (SSSR count). The minimum absolute atomic E-state index is 0.0992. The Bertz CT molecular complexity index is 512. The van der Waals surface area contributed by atoms with E-state index in [-0.39, 0.29) is 10.9 Å². The summed E-state index contributed by atoms with van der Waals surface area (Å²) in [4.78, 5) is 2.19. The van der Waals surface area contributed by atoms with Gasteiger partial charge in [0, 0.05) is 31.9 Å². The van der Waals surface area contributed by atoms with Crippen LogP contribution in [0.3, 0.4) is 0 Å². The van der Waals surface area contributed by atoms with Crippen molar-refractivity contribution in [3.8, 4) is 0 Å². The van der Waals surface area contributed by atoms with Crippen LogP contribution in [-0.2, 0) is 16.6 Å². The van der Waals surface area contributed by atoms with E-state index >= 15 is 0 Å². The molecule has 0 saturated heterocycles. The van der Waals surface area contributed by atoms with Crippen molar-refractivity contribution >= 4 is 10.0 Å². The molecule has 1 heterocycles. The Morgan fingerprint density at radius 2 is 2.10 bits per heavy atom. The zero-order chi connectivity index (χ0) is 15.3. The molecule has 0 bridgehead atoms. The lowest BCUT2D eigenvalue weighted by Gasteiger charge is -2.28. The van der Waals surface area contributed by atoms with E-state index in [0.717, 1.165) is 0 Å². The summed E-state index contributed by atoms with van der Waals surface area (Å²) in [5.74, 6) is 0. The molecular formula is C12H25N5O2S. The van der Waals surface area contributed by atoms with Crippen LogP contribution in [0.2, 0.25) is 0 Å². The molecular weight excluding hydrogens is 278 g/mol. The maximum Gasteiger partial charge on any atom is 0.246 e. The van der Waals surface area contributed by atoms with Gasteiger partial charge in [0.1, 0.15) is 4.90 Å². The molecule has 1 aromatic heterocycles. The predicted molar refractivity (Wildman–Crippen MR) is 78.9 cm³/mol. The van der Waals surface area contributed by atoms with Crippen LogP contribution in [0, 0.1) is 0 Å². The second-order valence-corrected chi connectivity index (χ2v) is 6.94. The van der Waals surface area contributed by atoms with Gasteiger partial charge >= 0.3 is 0 Å². The van der Waals surface area contributed by atoms with E-state index in [1.54, 1.807) is 4.68 Å². The summed E-state index contributed by atoms with van der Waals surface area (Å²) in [7, 11) is 0.343. The molecule has 7 nitrogen and oxygen atoms in total. The van der Waals surface area contributed by atoms with Gasteiger partial charge in [-0.05, 0) is 21.0 Å². The van der Waals surface area contributed by atoms with E-state index < -0.39 is 10.0 Å². The number of rotatable bonds is 8. The van der Waals surface area contributed by atoms with Crippen molar-refractivity contribution in [3.05, 3.63) is 12.4 Å². The summed E-state index contributed by atoms with van der Waals surface area (Å²) in [6.07, 6.45) is 2.92. The number of aromatic nitrogens is 2. The monoisotopic (exact) mass is 303 g/mol. The molecule has 0 radical (unpaired) electrons. The average Bonchev–Trinajstić information content (AvgIpc) is 2.78. The normalized spacial score (nSPS) is 14.2. The third-order valence-electron chi connectivity index (χ3n) is 3.01. The van der Waals surface area contributed by atoms with E-state index in [4.69, 9.17) is 5.73 Å². The molecule has 0 aliphatic carbocycles. The highest BCUT2D eigenvalue weighted by atomic mass is 32.2. The molecule has 0 saturated carbocycles. The Labute approximate surface area is 121 Å². The van der Waals surface area contributed by atoms with Crippen molar-refractivity contribution in [2.75, 3.05) is 33.7 Å². The summed E-state index contributed by atoms with van der Waals surface area (Å²) >= 11 is 0. The maximum absolute atomic E-state index is 12.6. The van der Waals surface area contributed by atoms with Gasteiger partial charge in [-0.3, -0.25) is 4.68 Å². The Balaban J connectivity index is 2.98. The van der Waals surface area contributed by atoms with Crippen molar-refractivity contribution in [3.63, 3.8) is 0 Å². The quantitative estimate of drug-likeness (QED) is 0.719. The fourth-order valence-corrected chi connectivity index (χ4v) is 3.79. The van der Waals surface area contributed by atoms with Crippen molar-refractivity contribution in [2.24, 2.45) is 5.73 Å². The molecule has 0 amide bonds. The highest BCUT2D eigenvalue weighted by Gasteiger charge is 2.29. The molecule has 1 aromatic rings. The van der Waals surface area contributed by atoms with Crippen LogP contribution in [0.4, 0.5) is 0 Å². The molecule has 0 fully saturated rings. The molecule has 1 unspecified atom stereocenters. The standard InChI is InChI=1S/C12H25N5O2S/c1-5-17(11(2)9-15(3)4)20(18,19)12-8-14-16(10-12)7-6-13/h8,10-11H,5-7,9,13H2,1-4H3. The lowest BCUT2D eigenvalue weighted by molar-refractivity contribution is 0.271. The number of sulfonamides is 1. The van der Waals surface area contributed by atoms with Gasteiger partial charge in [0.15, 0.2) is 0 Å². The first-order valence-corrected chi connectivity index (χ1v) is 8.16. The van der Waals surface area contributed by atoms with Crippen molar-refractivity contribution in [1.82, 2.24) is 19.0 Å². The Kier molecular flexibility index (Phi) is 6.12. The van der Waals surface area contributed by atoms with Crippen molar-refractivity contribution in [2.45, 2.75) is 31.3 Å². The van der Waals surface area contributed by atoms with Crippen molar-refractivity contribution in [1.29, 1.82) is 0 Å². The lowest BCUT2D eigenvalue weighted by atomic mass is 10.3. The van der Waals surface area contributed by atoms with Gasteiger partial charge in [0.05, 0.1) is 12.7 Å². The first-order chi connectivity index (χ1) is 9.32. The van der Waals surface area contributed by atoms with E-state index in [1.807, 2.05) is 32.8 Å². The minimum Gasteiger partial charge on any atom is -0.329 e. The fourth-order valence-electron chi connectivity index (χ4n) is 2.21. The summed E-state index contributed by atoms with van der Waals surface area (Å²) in [5.41, 5.74) is 5.44. The van der Waals surface area contributed by atoms with Crippen LogP contribution >= 0.6 is 0 Å². The largest absolute Gasteiger partial charge is 0.329 e. The van der Waals surface area contributed by atoms with Crippen LogP contribution in [0.1, 0.15) is 13.8 Å². The number of hydrogen-bond donors (Lipinski definition) is 1. The molecule has 20 heavy (non-hydrogen) atoms. The molecule has 0 aliphatic rings. The second-order valence-electron chi connectivity index (χ2n) is 5.05. The summed E-state index contributed by atoms with van der Waals surface area (Å²) in [5, 5.41) is 4.03. The third kappa shape index (κ3) is 4.02. The zero-order valence-electron chi connectivity index (χ0n) is 12.7. The smallest absolute Gasteiger partial charge is 0.246 e. The number of hydrogen-bond acceptors (Lipinski definition) is 5. The SMILES string of the molecule is CCN(C(C)CN(C)C)S(=O)(=O)c1cnn(CCN)c1. The van der Waals surface area contributed by atoms with E-state index in [1.165, 1.54) is 16.7 Å².